The van der Waals surface area contributed by atoms with Crippen molar-refractivity contribution in [2.75, 3.05) is 13.2 Å². The van der Waals surface area contributed by atoms with E-state index in [2.05, 4.69) is 13.2 Å². The third-order valence-electron chi connectivity index (χ3n) is 0.640. The molecule has 0 aliphatic rings. The average Bonchev–Trinajstić information content (AvgIpc) is 2.19. The van der Waals surface area contributed by atoms with Crippen LogP contribution in [0.2, 0.25) is 0 Å². The van der Waals surface area contributed by atoms with Gasteiger partial charge in [-0.25, -0.2) is 9.59 Å². The Morgan fingerprint density at radius 3 is 1.38 bits per heavy atom. The van der Waals surface area contributed by atoms with Gasteiger partial charge >= 0.3 is 11.9 Å². The summed E-state index contributed by atoms with van der Waals surface area (Å²) in [5, 5.41) is 30.7. The maximum absolute atomic E-state index is 9.60. The third kappa shape index (κ3) is 54.3. The molecule has 0 aromatic heterocycles. The Labute approximate surface area is 98.6 Å². The Morgan fingerprint density at radius 2 is 1.38 bits per heavy atom. The molecule has 0 fully saturated rings. The topological polar surface area (TPSA) is 115 Å². The van der Waals surface area contributed by atoms with Crippen LogP contribution in [0.3, 0.4) is 0 Å². The molecular formula is C9H20O6Si. The monoisotopic (exact) mass is 252 g/mol. The lowest BCUT2D eigenvalue weighted by Gasteiger charge is -1.79. The van der Waals surface area contributed by atoms with Crippen LogP contribution in [0.5, 0.6) is 0 Å². The van der Waals surface area contributed by atoms with Crippen LogP contribution in [0.4, 0.5) is 0 Å². The molecule has 0 spiro atoms. The number of hydrogen-bond acceptors (Lipinski definition) is 4. The first-order chi connectivity index (χ1) is 6.83. The van der Waals surface area contributed by atoms with Crippen LogP contribution in [0.1, 0.15) is 6.92 Å². The summed E-state index contributed by atoms with van der Waals surface area (Å²) in [6, 6.07) is 0. The minimum Gasteiger partial charge on any atom is -0.478 e. The number of aliphatic hydroxyl groups is 2. The number of aliphatic hydroxyl groups excluding tert-OH is 2. The molecule has 0 radical (unpaired) electrons. The maximum Gasteiger partial charge on any atom is 0.330 e. The Balaban J connectivity index is -0.0000000668. The fourth-order valence-electron chi connectivity index (χ4n) is 0. The van der Waals surface area contributed by atoms with E-state index in [0.717, 1.165) is 6.08 Å². The van der Waals surface area contributed by atoms with Crippen molar-refractivity contribution >= 4 is 22.9 Å². The SMILES string of the molecule is C=C(C)C(=O)O.C=CC(=O)O.OCCO.[SiH4]. The van der Waals surface area contributed by atoms with Crippen molar-refractivity contribution < 1.29 is 30.0 Å². The molecule has 7 heteroatoms. The van der Waals surface area contributed by atoms with Crippen LogP contribution >= 0.6 is 0 Å². The molecule has 96 valence electrons. The second-order valence-corrected chi connectivity index (χ2v) is 2.08. The number of hydrogen-bond donors (Lipinski definition) is 4. The van der Waals surface area contributed by atoms with E-state index >= 15 is 0 Å². The highest BCUT2D eigenvalue weighted by Gasteiger charge is 1.90. The van der Waals surface area contributed by atoms with Crippen molar-refractivity contribution in [3.05, 3.63) is 24.8 Å². The van der Waals surface area contributed by atoms with Crippen LogP contribution in [0, 0.1) is 0 Å². The summed E-state index contributed by atoms with van der Waals surface area (Å²) in [5.41, 5.74) is 0.176. The van der Waals surface area contributed by atoms with Crippen molar-refractivity contribution in [3.8, 4) is 0 Å². The zero-order valence-corrected chi connectivity index (χ0v) is 8.51. The first-order valence-corrected chi connectivity index (χ1v) is 3.79. The lowest BCUT2D eigenvalue weighted by Crippen LogP contribution is -1.92. The molecule has 16 heavy (non-hydrogen) atoms. The highest BCUT2D eigenvalue weighted by Crippen LogP contribution is 1.81. The molecule has 0 aliphatic heterocycles. The van der Waals surface area contributed by atoms with Gasteiger partial charge in [-0.05, 0) is 17.9 Å². The van der Waals surface area contributed by atoms with Crippen LogP contribution in [-0.4, -0.2) is 56.5 Å². The molecule has 0 saturated heterocycles. The van der Waals surface area contributed by atoms with E-state index in [1.807, 2.05) is 0 Å². The van der Waals surface area contributed by atoms with Crippen LogP contribution in [0.15, 0.2) is 24.8 Å². The van der Waals surface area contributed by atoms with E-state index in [1.165, 1.54) is 6.92 Å². The Hall–Kier alpha value is -1.44. The van der Waals surface area contributed by atoms with E-state index in [4.69, 9.17) is 20.4 Å². The molecule has 0 aromatic carbocycles. The van der Waals surface area contributed by atoms with Gasteiger partial charge in [-0.1, -0.05) is 13.2 Å². The first-order valence-electron chi connectivity index (χ1n) is 3.79. The molecule has 0 atom stereocenters. The smallest absolute Gasteiger partial charge is 0.330 e. The molecule has 0 heterocycles. The molecule has 0 saturated carbocycles. The van der Waals surface area contributed by atoms with Crippen molar-refractivity contribution in [1.29, 1.82) is 0 Å². The highest BCUT2D eigenvalue weighted by atomic mass is 28.1. The Morgan fingerprint density at radius 1 is 1.19 bits per heavy atom. The molecule has 0 unspecified atom stereocenters. The quantitative estimate of drug-likeness (QED) is 0.356. The number of carboxylic acid groups (broad SMARTS) is 2. The normalized spacial score (nSPS) is 6.69. The first kappa shape index (κ1) is 24.0. The summed E-state index contributed by atoms with van der Waals surface area (Å²) in [4.78, 5) is 18.8. The number of carbonyl (C=O) groups is 2. The summed E-state index contributed by atoms with van der Waals surface area (Å²) in [7, 11) is 0. The Bertz CT molecular complexity index is 200. The van der Waals surface area contributed by atoms with Gasteiger partial charge in [-0.15, -0.1) is 0 Å². The van der Waals surface area contributed by atoms with Crippen LogP contribution in [-0.2, 0) is 9.59 Å². The predicted molar refractivity (Wildman–Crippen MR) is 65.8 cm³/mol. The number of rotatable bonds is 3. The fourth-order valence-corrected chi connectivity index (χ4v) is 0. The highest BCUT2D eigenvalue weighted by molar-refractivity contribution is 5.84. The molecular weight excluding hydrogens is 232 g/mol. The van der Waals surface area contributed by atoms with Crippen molar-refractivity contribution in [2.24, 2.45) is 0 Å². The summed E-state index contributed by atoms with van der Waals surface area (Å²) in [5.74, 6) is -1.92. The van der Waals surface area contributed by atoms with Gasteiger partial charge in [-0.3, -0.25) is 0 Å². The minimum absolute atomic E-state index is 0. The van der Waals surface area contributed by atoms with Gasteiger partial charge in [0.15, 0.2) is 0 Å². The van der Waals surface area contributed by atoms with Gasteiger partial charge in [0.05, 0.1) is 13.2 Å². The number of aliphatic carboxylic acids is 2. The van der Waals surface area contributed by atoms with Gasteiger partial charge in [0.25, 0.3) is 0 Å². The summed E-state index contributed by atoms with van der Waals surface area (Å²) in [6.45, 7) is 7.31. The van der Waals surface area contributed by atoms with Crippen molar-refractivity contribution in [1.82, 2.24) is 0 Å². The predicted octanol–water partition coefficient (Wildman–Crippen LogP) is -1.58. The lowest BCUT2D eigenvalue weighted by molar-refractivity contribution is -0.133. The second kappa shape index (κ2) is 19.2. The summed E-state index contributed by atoms with van der Waals surface area (Å²) in [6.07, 6.45) is 0.833. The molecule has 0 aromatic rings. The van der Waals surface area contributed by atoms with Crippen molar-refractivity contribution in [3.63, 3.8) is 0 Å². The van der Waals surface area contributed by atoms with E-state index < -0.39 is 11.9 Å². The van der Waals surface area contributed by atoms with E-state index in [-0.39, 0.29) is 29.8 Å². The second-order valence-electron chi connectivity index (χ2n) is 2.08. The van der Waals surface area contributed by atoms with Crippen molar-refractivity contribution in [2.45, 2.75) is 6.92 Å². The molecule has 0 rings (SSSR count). The maximum atomic E-state index is 9.60. The lowest BCUT2D eigenvalue weighted by atomic mass is 10.4. The van der Waals surface area contributed by atoms with Gasteiger partial charge in [0, 0.05) is 11.6 Å². The van der Waals surface area contributed by atoms with E-state index in [1.54, 1.807) is 0 Å². The number of carboxylic acids is 2. The summed E-state index contributed by atoms with van der Waals surface area (Å²) >= 11 is 0. The molecule has 0 amide bonds. The van der Waals surface area contributed by atoms with Gasteiger partial charge in [0.2, 0.25) is 0 Å². The third-order valence-corrected chi connectivity index (χ3v) is 0.640. The minimum atomic E-state index is -0.981. The summed E-state index contributed by atoms with van der Waals surface area (Å²) < 4.78 is 0. The largest absolute Gasteiger partial charge is 0.478 e. The average molecular weight is 252 g/mol. The van der Waals surface area contributed by atoms with Crippen LogP contribution in [0.25, 0.3) is 0 Å². The van der Waals surface area contributed by atoms with E-state index in [9.17, 15) is 9.59 Å². The molecule has 0 bridgehead atoms. The van der Waals surface area contributed by atoms with Gasteiger partial charge in [0.1, 0.15) is 0 Å². The van der Waals surface area contributed by atoms with Gasteiger partial charge in [-0.2, -0.15) is 0 Å². The zero-order valence-electron chi connectivity index (χ0n) is 8.51. The molecule has 4 N–H and O–H groups in total. The van der Waals surface area contributed by atoms with Crippen LogP contribution < -0.4 is 0 Å². The fraction of sp³-hybridized carbons (Fsp3) is 0.333. The molecule has 0 aliphatic carbocycles. The Kier molecular flexibility index (Phi) is 28.8. The molecule has 6 nitrogen and oxygen atoms in total. The zero-order chi connectivity index (χ0) is 12.9. The standard InChI is InChI=1S/C4H6O2.C3H4O2.C2H6O2.H4Si/c1-3(2)4(5)6;1-2-3(4)5;3-1-2-4;/h1H2,2H3,(H,5,6);2H,1H2,(H,4,5);3-4H,1-2H2;1H4. The van der Waals surface area contributed by atoms with E-state index in [0.29, 0.717) is 0 Å². The van der Waals surface area contributed by atoms with Gasteiger partial charge < -0.3 is 20.4 Å².